The fraction of sp³-hybridized carbons (Fsp3) is 0.500. The lowest BCUT2D eigenvalue weighted by molar-refractivity contribution is -0.697. The molecule has 0 aromatic carbocycles. The Morgan fingerprint density at radius 1 is 1.33 bits per heavy atom. The number of carbonyl (C=O) groups is 1. The van der Waals surface area contributed by atoms with Crippen molar-refractivity contribution in [1.82, 2.24) is 5.32 Å². The number of pyridine rings is 1. The lowest BCUT2D eigenvalue weighted by Crippen LogP contribution is -2.32. The van der Waals surface area contributed by atoms with E-state index in [9.17, 15) is 4.79 Å². The van der Waals surface area contributed by atoms with Crippen molar-refractivity contribution in [2.45, 2.75) is 32.7 Å². The standard InChI is InChI=1S/C12H18N2O/c1-11-6-9-14(10-7-11)8-4-3-5-12(15)13-2/h6-7,9-10H,3-5,8H2,1-2H3/p+1. The summed E-state index contributed by atoms with van der Waals surface area (Å²) in [4.78, 5) is 10.9. The molecular weight excluding hydrogens is 188 g/mol. The Labute approximate surface area is 91.1 Å². The molecule has 0 atom stereocenters. The van der Waals surface area contributed by atoms with Gasteiger partial charge in [-0.3, -0.25) is 4.79 Å². The maximum atomic E-state index is 10.9. The van der Waals surface area contributed by atoms with Crippen LogP contribution in [0.4, 0.5) is 0 Å². The second kappa shape index (κ2) is 6.17. The molecule has 82 valence electrons. The van der Waals surface area contributed by atoms with Crippen molar-refractivity contribution in [3.63, 3.8) is 0 Å². The van der Waals surface area contributed by atoms with Gasteiger partial charge in [0.05, 0.1) is 0 Å². The summed E-state index contributed by atoms with van der Waals surface area (Å²) < 4.78 is 2.15. The van der Waals surface area contributed by atoms with Gasteiger partial charge in [-0.2, -0.15) is 0 Å². The third-order valence-corrected chi connectivity index (χ3v) is 2.41. The molecule has 1 amide bonds. The lowest BCUT2D eigenvalue weighted by atomic mass is 10.2. The molecule has 0 spiro atoms. The van der Waals surface area contributed by atoms with Crippen LogP contribution in [0.2, 0.25) is 0 Å². The number of amides is 1. The topological polar surface area (TPSA) is 33.0 Å². The molecule has 0 unspecified atom stereocenters. The van der Waals surface area contributed by atoms with Crippen molar-refractivity contribution in [1.29, 1.82) is 0 Å². The van der Waals surface area contributed by atoms with Gasteiger partial charge in [0.25, 0.3) is 0 Å². The van der Waals surface area contributed by atoms with E-state index in [2.05, 4.69) is 41.3 Å². The molecule has 0 bridgehead atoms. The Morgan fingerprint density at radius 3 is 2.60 bits per heavy atom. The van der Waals surface area contributed by atoms with Crippen molar-refractivity contribution < 1.29 is 9.36 Å². The zero-order valence-electron chi connectivity index (χ0n) is 9.49. The summed E-state index contributed by atoms with van der Waals surface area (Å²) in [5.41, 5.74) is 1.27. The predicted octanol–water partition coefficient (Wildman–Crippen LogP) is 1.20. The molecule has 3 nitrogen and oxygen atoms in total. The second-order valence-electron chi connectivity index (χ2n) is 3.74. The predicted molar refractivity (Wildman–Crippen MR) is 59.3 cm³/mol. The van der Waals surface area contributed by atoms with Gasteiger partial charge in [-0.1, -0.05) is 0 Å². The highest BCUT2D eigenvalue weighted by Gasteiger charge is 2.01. The second-order valence-corrected chi connectivity index (χ2v) is 3.74. The molecule has 15 heavy (non-hydrogen) atoms. The molecule has 1 N–H and O–H groups in total. The van der Waals surface area contributed by atoms with Gasteiger partial charge < -0.3 is 5.32 Å². The van der Waals surface area contributed by atoms with Crippen LogP contribution < -0.4 is 9.88 Å². The SMILES string of the molecule is CNC(=O)CCCC[n+]1ccc(C)cc1. The number of aromatic nitrogens is 1. The maximum Gasteiger partial charge on any atom is 0.219 e. The summed E-state index contributed by atoms with van der Waals surface area (Å²) in [6.45, 7) is 3.06. The van der Waals surface area contributed by atoms with Gasteiger partial charge >= 0.3 is 0 Å². The first-order chi connectivity index (χ1) is 7.22. The van der Waals surface area contributed by atoms with E-state index < -0.39 is 0 Å². The van der Waals surface area contributed by atoms with Crippen molar-refractivity contribution in [2.75, 3.05) is 7.05 Å². The van der Waals surface area contributed by atoms with E-state index >= 15 is 0 Å². The number of hydrogen-bond acceptors (Lipinski definition) is 1. The molecule has 0 saturated heterocycles. The molecule has 3 heteroatoms. The molecule has 0 fully saturated rings. The molecule has 1 aromatic heterocycles. The zero-order chi connectivity index (χ0) is 11.1. The third kappa shape index (κ3) is 4.58. The quantitative estimate of drug-likeness (QED) is 0.571. The molecule has 0 aliphatic rings. The normalized spacial score (nSPS) is 10.0. The lowest BCUT2D eigenvalue weighted by Gasteiger charge is -1.98. The maximum absolute atomic E-state index is 10.9. The monoisotopic (exact) mass is 207 g/mol. The molecule has 0 aliphatic carbocycles. The Bertz CT molecular complexity index is 306. The fourth-order valence-electron chi connectivity index (χ4n) is 1.39. The summed E-state index contributed by atoms with van der Waals surface area (Å²) in [5, 5.41) is 2.63. The van der Waals surface area contributed by atoms with E-state index in [4.69, 9.17) is 0 Å². The highest BCUT2D eigenvalue weighted by molar-refractivity contribution is 5.75. The van der Waals surface area contributed by atoms with Gasteiger partial charge in [0.15, 0.2) is 12.4 Å². The van der Waals surface area contributed by atoms with E-state index in [-0.39, 0.29) is 5.91 Å². The van der Waals surface area contributed by atoms with Crippen LogP contribution in [-0.2, 0) is 11.3 Å². The van der Waals surface area contributed by atoms with Gasteiger partial charge in [-0.25, -0.2) is 4.57 Å². The van der Waals surface area contributed by atoms with E-state index in [1.807, 2.05) is 0 Å². The average molecular weight is 207 g/mol. The summed E-state index contributed by atoms with van der Waals surface area (Å²) >= 11 is 0. The Morgan fingerprint density at radius 2 is 2.00 bits per heavy atom. The molecule has 0 saturated carbocycles. The average Bonchev–Trinajstić information content (AvgIpc) is 2.26. The summed E-state index contributed by atoms with van der Waals surface area (Å²) in [6.07, 6.45) is 6.77. The number of aryl methyl sites for hydroxylation is 2. The number of hydrogen-bond donors (Lipinski definition) is 1. The number of nitrogens with one attached hydrogen (secondary N) is 1. The molecule has 0 radical (unpaired) electrons. The van der Waals surface area contributed by atoms with E-state index in [0.29, 0.717) is 6.42 Å². The molecule has 1 rings (SSSR count). The van der Waals surface area contributed by atoms with Crippen molar-refractivity contribution >= 4 is 5.91 Å². The van der Waals surface area contributed by atoms with E-state index in [0.717, 1.165) is 19.4 Å². The van der Waals surface area contributed by atoms with Gasteiger partial charge in [-0.05, 0) is 18.9 Å². The first kappa shape index (κ1) is 11.7. The van der Waals surface area contributed by atoms with Gasteiger partial charge in [0, 0.05) is 32.0 Å². The minimum absolute atomic E-state index is 0.129. The summed E-state index contributed by atoms with van der Waals surface area (Å²) in [6, 6.07) is 4.19. The smallest absolute Gasteiger partial charge is 0.219 e. The first-order valence-corrected chi connectivity index (χ1v) is 5.38. The molecule has 1 heterocycles. The minimum atomic E-state index is 0.129. The number of carbonyl (C=O) groups excluding carboxylic acids is 1. The van der Waals surface area contributed by atoms with Crippen LogP contribution in [0.15, 0.2) is 24.5 Å². The summed E-state index contributed by atoms with van der Waals surface area (Å²) in [5.74, 6) is 0.129. The van der Waals surface area contributed by atoms with E-state index in [1.54, 1.807) is 7.05 Å². The van der Waals surface area contributed by atoms with Crippen LogP contribution in [0.25, 0.3) is 0 Å². The van der Waals surface area contributed by atoms with Crippen LogP contribution in [0.5, 0.6) is 0 Å². The van der Waals surface area contributed by atoms with Crippen molar-refractivity contribution in [3.8, 4) is 0 Å². The molecular formula is C12H19N2O+. The van der Waals surface area contributed by atoms with Crippen LogP contribution in [0.1, 0.15) is 24.8 Å². The largest absolute Gasteiger partial charge is 0.359 e. The first-order valence-electron chi connectivity index (χ1n) is 5.38. The Balaban J connectivity index is 2.20. The van der Waals surface area contributed by atoms with Crippen LogP contribution in [0, 0.1) is 6.92 Å². The zero-order valence-corrected chi connectivity index (χ0v) is 9.49. The molecule has 1 aromatic rings. The number of unbranched alkanes of at least 4 members (excludes halogenated alkanes) is 1. The van der Waals surface area contributed by atoms with Crippen LogP contribution in [-0.4, -0.2) is 13.0 Å². The van der Waals surface area contributed by atoms with E-state index in [1.165, 1.54) is 5.56 Å². The summed E-state index contributed by atoms with van der Waals surface area (Å²) in [7, 11) is 1.68. The number of rotatable bonds is 5. The Kier molecular flexibility index (Phi) is 4.81. The van der Waals surface area contributed by atoms with Crippen molar-refractivity contribution in [2.24, 2.45) is 0 Å². The number of nitrogens with zero attached hydrogens (tertiary/aromatic N) is 1. The minimum Gasteiger partial charge on any atom is -0.359 e. The van der Waals surface area contributed by atoms with Gasteiger partial charge in [0.1, 0.15) is 6.54 Å². The van der Waals surface area contributed by atoms with Crippen LogP contribution in [0.3, 0.4) is 0 Å². The van der Waals surface area contributed by atoms with Gasteiger partial charge in [0.2, 0.25) is 5.91 Å². The highest BCUT2D eigenvalue weighted by atomic mass is 16.1. The highest BCUT2D eigenvalue weighted by Crippen LogP contribution is 1.96. The third-order valence-electron chi connectivity index (χ3n) is 2.41. The van der Waals surface area contributed by atoms with Crippen molar-refractivity contribution in [3.05, 3.63) is 30.1 Å². The molecule has 0 aliphatic heterocycles. The Hall–Kier alpha value is -1.38. The van der Waals surface area contributed by atoms with Gasteiger partial charge in [-0.15, -0.1) is 0 Å². The fourth-order valence-corrected chi connectivity index (χ4v) is 1.39. The van der Waals surface area contributed by atoms with Crippen LogP contribution >= 0.6 is 0 Å².